The molecule has 1 fully saturated rings. The zero-order valence-electron chi connectivity index (χ0n) is 15.5. The van der Waals surface area contributed by atoms with Crippen molar-refractivity contribution in [3.8, 4) is 11.5 Å². The summed E-state index contributed by atoms with van der Waals surface area (Å²) in [5, 5.41) is 4.00. The minimum atomic E-state index is -3.57. The molecule has 0 bridgehead atoms. The summed E-state index contributed by atoms with van der Waals surface area (Å²) >= 11 is 0. The van der Waals surface area contributed by atoms with E-state index in [-0.39, 0.29) is 11.7 Å². The molecule has 27 heavy (non-hydrogen) atoms. The maximum Gasteiger partial charge on any atom is 0.243 e. The van der Waals surface area contributed by atoms with Gasteiger partial charge in [0.1, 0.15) is 5.76 Å². The van der Waals surface area contributed by atoms with Gasteiger partial charge in [-0.15, -0.1) is 0 Å². The Labute approximate surface area is 158 Å². The standard InChI is InChI=1S/C18H23N3O5S/c1-13-16(14(2)26-19-13)11-20-6-3-7-21(9-8-20)27(22,23)15-4-5-17-18(10-15)25-12-24-17/h4-5,10H,3,6-9,11-12H2,1-2H3. The molecule has 0 amide bonds. The fourth-order valence-corrected chi connectivity index (χ4v) is 4.97. The van der Waals surface area contributed by atoms with Crippen LogP contribution in [0.5, 0.6) is 11.5 Å². The van der Waals surface area contributed by atoms with Gasteiger partial charge in [0.05, 0.1) is 10.6 Å². The molecule has 8 nitrogen and oxygen atoms in total. The first kappa shape index (κ1) is 18.3. The summed E-state index contributed by atoms with van der Waals surface area (Å²) in [7, 11) is -3.57. The van der Waals surface area contributed by atoms with Crippen molar-refractivity contribution in [2.24, 2.45) is 0 Å². The van der Waals surface area contributed by atoms with Gasteiger partial charge < -0.3 is 14.0 Å². The van der Waals surface area contributed by atoms with Crippen molar-refractivity contribution >= 4 is 10.0 Å². The normalized spacial score (nSPS) is 18.6. The first-order valence-electron chi connectivity index (χ1n) is 8.99. The Bertz CT molecular complexity index is 921. The van der Waals surface area contributed by atoms with Gasteiger partial charge in [0.25, 0.3) is 0 Å². The minimum absolute atomic E-state index is 0.124. The van der Waals surface area contributed by atoms with Crippen molar-refractivity contribution in [2.45, 2.75) is 31.7 Å². The fourth-order valence-electron chi connectivity index (χ4n) is 3.48. The highest BCUT2D eigenvalue weighted by Gasteiger charge is 2.29. The minimum Gasteiger partial charge on any atom is -0.454 e. The van der Waals surface area contributed by atoms with E-state index in [2.05, 4.69) is 10.1 Å². The van der Waals surface area contributed by atoms with Crippen molar-refractivity contribution in [2.75, 3.05) is 33.0 Å². The molecule has 0 spiro atoms. The van der Waals surface area contributed by atoms with Crippen molar-refractivity contribution in [3.63, 3.8) is 0 Å². The van der Waals surface area contributed by atoms with Crippen LogP contribution >= 0.6 is 0 Å². The van der Waals surface area contributed by atoms with Crippen LogP contribution in [0.2, 0.25) is 0 Å². The van der Waals surface area contributed by atoms with Crippen LogP contribution in [0.15, 0.2) is 27.6 Å². The van der Waals surface area contributed by atoms with Crippen molar-refractivity contribution in [1.82, 2.24) is 14.4 Å². The lowest BCUT2D eigenvalue weighted by molar-refractivity contribution is 0.174. The molecule has 1 aromatic carbocycles. The average molecular weight is 393 g/mol. The highest BCUT2D eigenvalue weighted by Crippen LogP contribution is 2.34. The van der Waals surface area contributed by atoms with Gasteiger partial charge in [-0.25, -0.2) is 8.42 Å². The van der Waals surface area contributed by atoms with Crippen LogP contribution in [0, 0.1) is 13.8 Å². The number of aromatic nitrogens is 1. The number of nitrogens with zero attached hydrogens (tertiary/aromatic N) is 3. The molecule has 4 rings (SSSR count). The first-order chi connectivity index (χ1) is 12.9. The third-order valence-corrected chi connectivity index (χ3v) is 6.99. The third kappa shape index (κ3) is 3.54. The van der Waals surface area contributed by atoms with E-state index >= 15 is 0 Å². The van der Waals surface area contributed by atoms with Crippen molar-refractivity contribution < 1.29 is 22.4 Å². The number of benzene rings is 1. The van der Waals surface area contributed by atoms with Crippen LogP contribution in [0.3, 0.4) is 0 Å². The Morgan fingerprint density at radius 1 is 1.07 bits per heavy atom. The van der Waals surface area contributed by atoms with Gasteiger partial charge in [0.2, 0.25) is 16.8 Å². The van der Waals surface area contributed by atoms with Gasteiger partial charge in [0, 0.05) is 37.8 Å². The fraction of sp³-hybridized carbons (Fsp3) is 0.500. The predicted molar refractivity (Wildman–Crippen MR) is 97.2 cm³/mol. The van der Waals surface area contributed by atoms with E-state index in [1.54, 1.807) is 22.5 Å². The summed E-state index contributed by atoms with van der Waals surface area (Å²) in [6.45, 7) is 7.11. The highest BCUT2D eigenvalue weighted by atomic mass is 32.2. The molecule has 2 aromatic rings. The number of aryl methyl sites for hydroxylation is 2. The van der Waals surface area contributed by atoms with Crippen LogP contribution < -0.4 is 9.47 Å². The molecule has 2 aliphatic rings. The molecule has 1 saturated heterocycles. The molecule has 9 heteroatoms. The monoisotopic (exact) mass is 393 g/mol. The van der Waals surface area contributed by atoms with Gasteiger partial charge in [-0.2, -0.15) is 4.31 Å². The topological polar surface area (TPSA) is 85.1 Å². The van der Waals surface area contributed by atoms with E-state index in [9.17, 15) is 8.42 Å². The molecule has 2 aliphatic heterocycles. The zero-order valence-corrected chi connectivity index (χ0v) is 16.3. The molecule has 0 N–H and O–H groups in total. The van der Waals surface area contributed by atoms with Crippen LogP contribution in [-0.4, -0.2) is 55.8 Å². The summed E-state index contributed by atoms with van der Waals surface area (Å²) in [5.74, 6) is 1.88. The lowest BCUT2D eigenvalue weighted by Crippen LogP contribution is -2.35. The Hall–Kier alpha value is -2.10. The number of fused-ring (bicyclic) bond motifs is 1. The summed E-state index contributed by atoms with van der Waals surface area (Å²) in [6, 6.07) is 4.77. The van der Waals surface area contributed by atoms with Gasteiger partial charge in [0.15, 0.2) is 11.5 Å². The molecule has 146 valence electrons. The Morgan fingerprint density at radius 2 is 1.89 bits per heavy atom. The Morgan fingerprint density at radius 3 is 2.67 bits per heavy atom. The van der Waals surface area contributed by atoms with E-state index in [1.807, 2.05) is 13.8 Å². The van der Waals surface area contributed by atoms with Gasteiger partial charge in [-0.05, 0) is 38.9 Å². The summed E-state index contributed by atoms with van der Waals surface area (Å²) in [5.41, 5.74) is 1.98. The van der Waals surface area contributed by atoms with E-state index < -0.39 is 10.0 Å². The summed E-state index contributed by atoms with van der Waals surface area (Å²) < 4.78 is 43.5. The lowest BCUT2D eigenvalue weighted by atomic mass is 10.2. The molecule has 0 aliphatic carbocycles. The SMILES string of the molecule is Cc1noc(C)c1CN1CCCN(S(=O)(=O)c2ccc3c(c2)OCO3)CC1. The molecule has 1 aromatic heterocycles. The molecule has 0 unspecified atom stereocenters. The van der Waals surface area contributed by atoms with E-state index in [1.165, 1.54) is 0 Å². The molecule has 0 saturated carbocycles. The number of rotatable bonds is 4. The van der Waals surface area contributed by atoms with Gasteiger partial charge >= 0.3 is 0 Å². The van der Waals surface area contributed by atoms with E-state index in [4.69, 9.17) is 14.0 Å². The second kappa shape index (κ2) is 7.14. The van der Waals surface area contributed by atoms with E-state index in [0.29, 0.717) is 31.1 Å². The largest absolute Gasteiger partial charge is 0.454 e. The summed E-state index contributed by atoms with van der Waals surface area (Å²) in [4.78, 5) is 2.49. The first-order valence-corrected chi connectivity index (χ1v) is 10.4. The molecule has 0 radical (unpaired) electrons. The number of sulfonamides is 1. The van der Waals surface area contributed by atoms with Crippen LogP contribution in [0.1, 0.15) is 23.4 Å². The average Bonchev–Trinajstić information content (AvgIpc) is 3.15. The Kier molecular flexibility index (Phi) is 4.83. The molecule has 3 heterocycles. The quantitative estimate of drug-likeness (QED) is 0.784. The lowest BCUT2D eigenvalue weighted by Gasteiger charge is -2.21. The van der Waals surface area contributed by atoms with Crippen LogP contribution in [-0.2, 0) is 16.6 Å². The van der Waals surface area contributed by atoms with Gasteiger partial charge in [-0.1, -0.05) is 5.16 Å². The number of ether oxygens (including phenoxy) is 2. The molecule has 0 atom stereocenters. The molecular formula is C18H23N3O5S. The van der Waals surface area contributed by atoms with Crippen molar-refractivity contribution in [1.29, 1.82) is 0 Å². The summed E-state index contributed by atoms with van der Waals surface area (Å²) in [6.07, 6.45) is 0.771. The maximum absolute atomic E-state index is 13.1. The van der Waals surface area contributed by atoms with Gasteiger partial charge in [-0.3, -0.25) is 4.90 Å². The highest BCUT2D eigenvalue weighted by molar-refractivity contribution is 7.89. The van der Waals surface area contributed by atoms with Crippen LogP contribution in [0.25, 0.3) is 0 Å². The molecular weight excluding hydrogens is 370 g/mol. The van der Waals surface area contributed by atoms with Crippen LogP contribution in [0.4, 0.5) is 0 Å². The zero-order chi connectivity index (χ0) is 19.0. The smallest absolute Gasteiger partial charge is 0.243 e. The van der Waals surface area contributed by atoms with Crippen molar-refractivity contribution in [3.05, 3.63) is 35.2 Å². The van der Waals surface area contributed by atoms with E-state index in [0.717, 1.165) is 36.5 Å². The number of hydrogen-bond donors (Lipinski definition) is 0. The maximum atomic E-state index is 13.1. The second-order valence-electron chi connectivity index (χ2n) is 6.85. The number of hydrogen-bond acceptors (Lipinski definition) is 7. The second-order valence-corrected chi connectivity index (χ2v) is 8.79. The predicted octanol–water partition coefficient (Wildman–Crippen LogP) is 1.92. The third-order valence-electron chi connectivity index (χ3n) is 5.09. The Balaban J connectivity index is 1.47.